The summed E-state index contributed by atoms with van der Waals surface area (Å²) in [4.78, 5) is 20.1. The van der Waals surface area contributed by atoms with Crippen molar-refractivity contribution in [3.05, 3.63) is 46.4 Å². The Hall–Kier alpha value is -2.35. The van der Waals surface area contributed by atoms with E-state index >= 15 is 0 Å². The summed E-state index contributed by atoms with van der Waals surface area (Å²) in [6, 6.07) is 4.16. The summed E-state index contributed by atoms with van der Waals surface area (Å²) in [6.07, 6.45) is -3.26. The van der Waals surface area contributed by atoms with Crippen LogP contribution in [-0.2, 0) is 17.4 Å². The molecule has 2 rings (SSSR count). The third-order valence-electron chi connectivity index (χ3n) is 3.26. The molecule has 2 aromatic heterocycles. The standard InChI is InChI=1S/C16H16ClF3N4O/c1-3-21-15-10(5-4-6-22-15)8-12(25)24-13-11(16(18,19)20)7-9(2)23-14(13)17/h4-7H,3,8H2,1-2H3,(H,21,22)(H,24,25). The third-order valence-corrected chi connectivity index (χ3v) is 3.53. The number of halogens is 4. The Balaban J connectivity index is 2.27. The van der Waals surface area contributed by atoms with Crippen molar-refractivity contribution in [3.63, 3.8) is 0 Å². The van der Waals surface area contributed by atoms with Gasteiger partial charge in [0, 0.05) is 24.0 Å². The lowest BCUT2D eigenvalue weighted by Gasteiger charge is -2.16. The second-order valence-corrected chi connectivity index (χ2v) is 5.60. The number of carbonyl (C=O) groups is 1. The highest BCUT2D eigenvalue weighted by Crippen LogP contribution is 2.38. The smallest absolute Gasteiger partial charge is 0.370 e. The van der Waals surface area contributed by atoms with E-state index in [4.69, 9.17) is 11.6 Å². The van der Waals surface area contributed by atoms with E-state index in [0.717, 1.165) is 6.07 Å². The fourth-order valence-electron chi connectivity index (χ4n) is 2.24. The molecule has 0 radical (unpaired) electrons. The summed E-state index contributed by atoms with van der Waals surface area (Å²) >= 11 is 5.82. The molecule has 25 heavy (non-hydrogen) atoms. The van der Waals surface area contributed by atoms with Crippen LogP contribution in [0, 0.1) is 6.92 Å². The highest BCUT2D eigenvalue weighted by atomic mass is 35.5. The molecule has 0 saturated carbocycles. The van der Waals surface area contributed by atoms with Crippen LogP contribution < -0.4 is 10.6 Å². The number of nitrogens with one attached hydrogen (secondary N) is 2. The van der Waals surface area contributed by atoms with Crippen LogP contribution in [0.2, 0.25) is 5.15 Å². The monoisotopic (exact) mass is 372 g/mol. The summed E-state index contributed by atoms with van der Waals surface area (Å²) < 4.78 is 39.6. The molecule has 0 atom stereocenters. The number of nitrogens with zero attached hydrogens (tertiary/aromatic N) is 2. The maximum Gasteiger partial charge on any atom is 0.418 e. The predicted octanol–water partition coefficient (Wildman–Crippen LogP) is 4.07. The first-order chi connectivity index (χ1) is 11.7. The van der Waals surface area contributed by atoms with Crippen molar-refractivity contribution < 1.29 is 18.0 Å². The van der Waals surface area contributed by atoms with E-state index in [1.165, 1.54) is 6.92 Å². The molecule has 2 N–H and O–H groups in total. The van der Waals surface area contributed by atoms with Gasteiger partial charge in [0.15, 0.2) is 5.15 Å². The van der Waals surface area contributed by atoms with Gasteiger partial charge in [0.05, 0.1) is 17.7 Å². The average molecular weight is 373 g/mol. The van der Waals surface area contributed by atoms with Gasteiger partial charge in [0.25, 0.3) is 0 Å². The molecule has 0 unspecified atom stereocenters. The zero-order valence-electron chi connectivity index (χ0n) is 13.5. The number of rotatable bonds is 5. The summed E-state index contributed by atoms with van der Waals surface area (Å²) in [7, 11) is 0. The van der Waals surface area contributed by atoms with E-state index in [0.29, 0.717) is 17.9 Å². The van der Waals surface area contributed by atoms with E-state index in [2.05, 4.69) is 20.6 Å². The molecular formula is C16H16ClF3N4O. The van der Waals surface area contributed by atoms with E-state index in [1.54, 1.807) is 18.3 Å². The Kier molecular flexibility index (Phi) is 5.84. The summed E-state index contributed by atoms with van der Waals surface area (Å²) in [6.45, 7) is 3.86. The lowest BCUT2D eigenvalue weighted by molar-refractivity contribution is -0.137. The largest absolute Gasteiger partial charge is 0.418 e. The quantitative estimate of drug-likeness (QED) is 0.776. The SMILES string of the molecule is CCNc1ncccc1CC(=O)Nc1c(C(F)(F)F)cc(C)nc1Cl. The van der Waals surface area contributed by atoms with E-state index in [-0.39, 0.29) is 12.1 Å². The molecule has 134 valence electrons. The van der Waals surface area contributed by atoms with E-state index < -0.39 is 28.5 Å². The van der Waals surface area contributed by atoms with Crippen LogP contribution in [0.1, 0.15) is 23.7 Å². The van der Waals surface area contributed by atoms with Gasteiger partial charge in [0.2, 0.25) is 5.91 Å². The minimum absolute atomic E-state index is 0.108. The fourth-order valence-corrected chi connectivity index (χ4v) is 2.52. The zero-order valence-corrected chi connectivity index (χ0v) is 14.3. The number of hydrogen-bond donors (Lipinski definition) is 2. The number of pyridine rings is 2. The number of aromatic nitrogens is 2. The Morgan fingerprint density at radius 2 is 2.08 bits per heavy atom. The molecule has 0 bridgehead atoms. The van der Waals surface area contributed by atoms with Crippen LogP contribution in [0.3, 0.4) is 0 Å². The Labute approximate surface area is 147 Å². The topological polar surface area (TPSA) is 66.9 Å². The molecule has 0 aromatic carbocycles. The highest BCUT2D eigenvalue weighted by Gasteiger charge is 2.35. The average Bonchev–Trinajstić information content (AvgIpc) is 2.51. The van der Waals surface area contributed by atoms with Crippen LogP contribution in [0.25, 0.3) is 0 Å². The van der Waals surface area contributed by atoms with Crippen molar-refractivity contribution in [2.24, 2.45) is 0 Å². The molecule has 2 aromatic rings. The van der Waals surface area contributed by atoms with Crippen molar-refractivity contribution >= 4 is 29.0 Å². The fraction of sp³-hybridized carbons (Fsp3) is 0.312. The van der Waals surface area contributed by atoms with Gasteiger partial charge in [-0.15, -0.1) is 0 Å². The van der Waals surface area contributed by atoms with E-state index in [1.807, 2.05) is 6.92 Å². The zero-order chi connectivity index (χ0) is 18.6. The number of aryl methyl sites for hydroxylation is 1. The summed E-state index contributed by atoms with van der Waals surface area (Å²) in [5, 5.41) is 4.81. The van der Waals surface area contributed by atoms with Crippen molar-refractivity contribution in [1.82, 2.24) is 9.97 Å². The van der Waals surface area contributed by atoms with Crippen molar-refractivity contribution in [2.45, 2.75) is 26.4 Å². The van der Waals surface area contributed by atoms with Gasteiger partial charge in [-0.05, 0) is 26.0 Å². The lowest BCUT2D eigenvalue weighted by Crippen LogP contribution is -2.20. The molecule has 0 aliphatic carbocycles. The first-order valence-corrected chi connectivity index (χ1v) is 7.82. The van der Waals surface area contributed by atoms with Crippen molar-refractivity contribution in [2.75, 3.05) is 17.2 Å². The first-order valence-electron chi connectivity index (χ1n) is 7.44. The molecule has 9 heteroatoms. The number of carbonyl (C=O) groups excluding carboxylic acids is 1. The minimum atomic E-state index is -4.66. The third kappa shape index (κ3) is 4.82. The molecular weight excluding hydrogens is 357 g/mol. The Morgan fingerprint density at radius 1 is 1.36 bits per heavy atom. The van der Waals surface area contributed by atoms with Gasteiger partial charge in [0.1, 0.15) is 5.82 Å². The number of hydrogen-bond acceptors (Lipinski definition) is 4. The van der Waals surface area contributed by atoms with Crippen LogP contribution in [0.15, 0.2) is 24.4 Å². The van der Waals surface area contributed by atoms with E-state index in [9.17, 15) is 18.0 Å². The van der Waals surface area contributed by atoms with Crippen LogP contribution in [0.5, 0.6) is 0 Å². The second-order valence-electron chi connectivity index (χ2n) is 5.24. The molecule has 0 aliphatic rings. The van der Waals surface area contributed by atoms with Crippen LogP contribution in [-0.4, -0.2) is 22.4 Å². The molecule has 0 spiro atoms. The lowest BCUT2D eigenvalue weighted by atomic mass is 10.1. The van der Waals surface area contributed by atoms with Gasteiger partial charge in [-0.25, -0.2) is 9.97 Å². The summed E-state index contributed by atoms with van der Waals surface area (Å²) in [5.41, 5.74) is -0.904. The van der Waals surface area contributed by atoms with Gasteiger partial charge in [-0.3, -0.25) is 4.79 Å². The number of anilines is 2. The molecule has 0 saturated heterocycles. The van der Waals surface area contributed by atoms with Crippen LogP contribution in [0.4, 0.5) is 24.7 Å². The van der Waals surface area contributed by atoms with Crippen LogP contribution >= 0.6 is 11.6 Å². The highest BCUT2D eigenvalue weighted by molar-refractivity contribution is 6.32. The number of amides is 1. The van der Waals surface area contributed by atoms with Gasteiger partial charge in [-0.1, -0.05) is 17.7 Å². The molecule has 5 nitrogen and oxygen atoms in total. The molecule has 0 aliphatic heterocycles. The van der Waals surface area contributed by atoms with Crippen molar-refractivity contribution in [3.8, 4) is 0 Å². The second kappa shape index (κ2) is 7.69. The molecule has 2 heterocycles. The predicted molar refractivity (Wildman–Crippen MR) is 89.7 cm³/mol. The minimum Gasteiger partial charge on any atom is -0.370 e. The Bertz CT molecular complexity index is 780. The Morgan fingerprint density at radius 3 is 2.72 bits per heavy atom. The van der Waals surface area contributed by atoms with Gasteiger partial charge < -0.3 is 10.6 Å². The van der Waals surface area contributed by atoms with Gasteiger partial charge >= 0.3 is 6.18 Å². The maximum absolute atomic E-state index is 13.2. The normalized spacial score (nSPS) is 11.3. The first kappa shape index (κ1) is 19.0. The van der Waals surface area contributed by atoms with Gasteiger partial charge in [-0.2, -0.15) is 13.2 Å². The molecule has 1 amide bonds. The summed E-state index contributed by atoms with van der Waals surface area (Å²) in [5.74, 6) is -0.144. The maximum atomic E-state index is 13.2. The van der Waals surface area contributed by atoms with Crippen molar-refractivity contribution in [1.29, 1.82) is 0 Å². The number of alkyl halides is 3. The molecule has 0 fully saturated rings.